The first-order valence-electron chi connectivity index (χ1n) is 12.7. The summed E-state index contributed by atoms with van der Waals surface area (Å²) in [6.45, 7) is 5.40. The fraction of sp³-hybridized carbons (Fsp3) is 0.808. The zero-order chi connectivity index (χ0) is 27.4. The Morgan fingerprint density at radius 2 is 1.89 bits per heavy atom. The Balaban J connectivity index is 1.82. The van der Waals surface area contributed by atoms with Crippen LogP contribution in [0.4, 0.5) is 13.2 Å². The van der Waals surface area contributed by atoms with E-state index in [1.165, 1.54) is 7.11 Å². The van der Waals surface area contributed by atoms with Gasteiger partial charge in [0.2, 0.25) is 0 Å². The van der Waals surface area contributed by atoms with Crippen molar-refractivity contribution in [2.24, 2.45) is 28.6 Å². The standard InChI is InChI=1S/C26H34ClF3O7/c1-14(34-4)37-25(21(32)35-13-27)10-8-18-17-6-5-15-11-16(31)7-9-23(15,2)20(17)19(12-24(18,25)3)36-22(33)26(28,29)30/h11,14,17-20H,5-10,12-13H2,1-4H3/t14?,17-,18-,19-,20+,23-,24-,25-/m0/s1. The van der Waals surface area contributed by atoms with Crippen molar-refractivity contribution in [3.8, 4) is 0 Å². The van der Waals surface area contributed by atoms with Gasteiger partial charge in [-0.25, -0.2) is 9.59 Å². The van der Waals surface area contributed by atoms with E-state index in [4.69, 9.17) is 30.5 Å². The number of rotatable bonds is 6. The van der Waals surface area contributed by atoms with Crippen LogP contribution in [0.2, 0.25) is 0 Å². The Morgan fingerprint density at radius 1 is 1.19 bits per heavy atom. The van der Waals surface area contributed by atoms with Crippen LogP contribution < -0.4 is 0 Å². The summed E-state index contributed by atoms with van der Waals surface area (Å²) < 4.78 is 62.2. The Labute approximate surface area is 219 Å². The van der Waals surface area contributed by atoms with E-state index in [1.54, 1.807) is 13.0 Å². The molecule has 0 radical (unpaired) electrons. The molecule has 4 rings (SSSR count). The van der Waals surface area contributed by atoms with Crippen molar-refractivity contribution in [1.82, 2.24) is 0 Å². The maximum atomic E-state index is 13.4. The third-order valence-electron chi connectivity index (χ3n) is 9.70. The van der Waals surface area contributed by atoms with Crippen molar-refractivity contribution in [1.29, 1.82) is 0 Å². The van der Waals surface area contributed by atoms with Crippen LogP contribution in [0.5, 0.6) is 0 Å². The minimum Gasteiger partial charge on any atom is -0.455 e. The molecule has 4 aliphatic rings. The van der Waals surface area contributed by atoms with Gasteiger partial charge in [0.1, 0.15) is 6.10 Å². The average Bonchev–Trinajstić information content (AvgIpc) is 3.11. The molecule has 11 heteroatoms. The van der Waals surface area contributed by atoms with Gasteiger partial charge in [0.25, 0.3) is 0 Å². The highest BCUT2D eigenvalue weighted by Crippen LogP contribution is 2.69. The zero-order valence-corrected chi connectivity index (χ0v) is 22.2. The molecule has 0 bridgehead atoms. The molecule has 0 N–H and O–H groups in total. The monoisotopic (exact) mass is 550 g/mol. The Bertz CT molecular complexity index is 984. The number of methoxy groups -OCH3 is 1. The first kappa shape index (κ1) is 28.4. The predicted molar refractivity (Wildman–Crippen MR) is 125 cm³/mol. The van der Waals surface area contributed by atoms with Gasteiger partial charge in [-0.05, 0) is 68.8 Å². The normalized spacial score (nSPS) is 40.1. The van der Waals surface area contributed by atoms with Crippen LogP contribution in [0.25, 0.3) is 0 Å². The number of carbonyl (C=O) groups excluding carboxylic acids is 3. The van der Waals surface area contributed by atoms with E-state index < -0.39 is 58.9 Å². The maximum Gasteiger partial charge on any atom is 0.490 e. The second kappa shape index (κ2) is 9.83. The molecular formula is C26H34ClF3O7. The van der Waals surface area contributed by atoms with Gasteiger partial charge in [-0.1, -0.05) is 31.0 Å². The fourth-order valence-electron chi connectivity index (χ4n) is 8.03. The third-order valence-corrected chi connectivity index (χ3v) is 9.81. The minimum absolute atomic E-state index is 0.000987. The number of esters is 2. The number of ketones is 1. The Morgan fingerprint density at radius 3 is 2.51 bits per heavy atom. The zero-order valence-electron chi connectivity index (χ0n) is 21.5. The second-order valence-electron chi connectivity index (χ2n) is 11.3. The number of hydrogen-bond acceptors (Lipinski definition) is 7. The number of fused-ring (bicyclic) bond motifs is 5. The molecule has 0 aromatic carbocycles. The highest BCUT2D eigenvalue weighted by Gasteiger charge is 2.71. The lowest BCUT2D eigenvalue weighted by Gasteiger charge is -2.61. The topological polar surface area (TPSA) is 88.1 Å². The van der Waals surface area contributed by atoms with Gasteiger partial charge in [0, 0.05) is 24.9 Å². The fourth-order valence-corrected chi connectivity index (χ4v) is 8.13. The number of allylic oxidation sites excluding steroid dienone is 1. The molecule has 3 fully saturated rings. The summed E-state index contributed by atoms with van der Waals surface area (Å²) in [5, 5.41) is 0. The lowest BCUT2D eigenvalue weighted by Crippen LogP contribution is -2.64. The second-order valence-corrected chi connectivity index (χ2v) is 11.5. The lowest BCUT2D eigenvalue weighted by molar-refractivity contribution is -0.259. The van der Waals surface area contributed by atoms with Crippen molar-refractivity contribution in [3.05, 3.63) is 11.6 Å². The largest absolute Gasteiger partial charge is 0.490 e. The van der Waals surface area contributed by atoms with Crippen LogP contribution in [0.3, 0.4) is 0 Å². The lowest BCUT2D eigenvalue weighted by atomic mass is 9.45. The van der Waals surface area contributed by atoms with E-state index in [0.717, 1.165) is 5.57 Å². The summed E-state index contributed by atoms with van der Waals surface area (Å²) in [6.07, 6.45) is -2.75. The predicted octanol–water partition coefficient (Wildman–Crippen LogP) is 5.09. The van der Waals surface area contributed by atoms with Gasteiger partial charge in [-0.3, -0.25) is 4.79 Å². The first-order valence-corrected chi connectivity index (χ1v) is 13.2. The number of alkyl halides is 4. The van der Waals surface area contributed by atoms with Crippen LogP contribution in [0.1, 0.15) is 65.7 Å². The molecule has 0 spiro atoms. The van der Waals surface area contributed by atoms with E-state index in [-0.39, 0.29) is 36.9 Å². The molecule has 8 atom stereocenters. The first-order chi connectivity index (χ1) is 17.2. The molecule has 0 heterocycles. The molecule has 7 nitrogen and oxygen atoms in total. The maximum absolute atomic E-state index is 13.4. The molecule has 0 saturated heterocycles. The van der Waals surface area contributed by atoms with E-state index in [0.29, 0.717) is 25.7 Å². The smallest absolute Gasteiger partial charge is 0.455 e. The van der Waals surface area contributed by atoms with Crippen molar-refractivity contribution >= 4 is 29.3 Å². The van der Waals surface area contributed by atoms with Crippen LogP contribution >= 0.6 is 11.6 Å². The quantitative estimate of drug-likeness (QED) is 0.258. The highest BCUT2D eigenvalue weighted by molar-refractivity contribution is 6.17. The summed E-state index contributed by atoms with van der Waals surface area (Å²) in [7, 11) is 1.42. The van der Waals surface area contributed by atoms with Crippen LogP contribution in [0, 0.1) is 28.6 Å². The van der Waals surface area contributed by atoms with Crippen molar-refractivity contribution < 1.29 is 46.5 Å². The summed E-state index contributed by atoms with van der Waals surface area (Å²) >= 11 is 5.73. The minimum atomic E-state index is -5.17. The van der Waals surface area contributed by atoms with Crippen LogP contribution in [-0.4, -0.2) is 55.1 Å². The van der Waals surface area contributed by atoms with E-state index in [2.05, 4.69) is 0 Å². The molecule has 0 aliphatic heterocycles. The van der Waals surface area contributed by atoms with Crippen LogP contribution in [0.15, 0.2) is 11.6 Å². The summed E-state index contributed by atoms with van der Waals surface area (Å²) in [6, 6.07) is -0.412. The molecule has 0 aromatic heterocycles. The average molecular weight is 551 g/mol. The molecule has 3 saturated carbocycles. The van der Waals surface area contributed by atoms with Gasteiger partial charge in [0.05, 0.1) is 0 Å². The third kappa shape index (κ3) is 4.50. The van der Waals surface area contributed by atoms with Crippen molar-refractivity contribution in [2.45, 2.75) is 89.9 Å². The van der Waals surface area contributed by atoms with Crippen molar-refractivity contribution in [2.75, 3.05) is 13.2 Å². The molecule has 1 unspecified atom stereocenters. The number of ether oxygens (including phenoxy) is 4. The van der Waals surface area contributed by atoms with E-state index in [1.807, 2.05) is 13.8 Å². The van der Waals surface area contributed by atoms with Crippen molar-refractivity contribution in [3.63, 3.8) is 0 Å². The molecule has 4 aliphatic carbocycles. The van der Waals surface area contributed by atoms with Gasteiger partial charge in [-0.15, -0.1) is 0 Å². The molecule has 208 valence electrons. The Hall–Kier alpha value is -1.65. The highest BCUT2D eigenvalue weighted by atomic mass is 35.5. The molecule has 0 amide bonds. The Kier molecular flexibility index (Phi) is 7.53. The molecule has 0 aromatic rings. The van der Waals surface area contributed by atoms with Gasteiger partial charge in [0.15, 0.2) is 23.7 Å². The molecule has 37 heavy (non-hydrogen) atoms. The summed E-state index contributed by atoms with van der Waals surface area (Å²) in [5.41, 5.74) is -2.27. The van der Waals surface area contributed by atoms with E-state index >= 15 is 0 Å². The van der Waals surface area contributed by atoms with Crippen LogP contribution in [-0.2, 0) is 33.3 Å². The van der Waals surface area contributed by atoms with E-state index in [9.17, 15) is 27.6 Å². The molecular weight excluding hydrogens is 517 g/mol. The number of halogens is 4. The number of hydrogen-bond donors (Lipinski definition) is 0. The van der Waals surface area contributed by atoms with Gasteiger partial charge >= 0.3 is 18.1 Å². The SMILES string of the molecule is COC(C)O[C@]1(C(=O)OCCl)CC[C@H]2[C@@H]3CCC4=CC(=O)CC[C@]4(C)[C@H]3[C@@H](OC(=O)C(F)(F)F)C[C@@]21C. The summed E-state index contributed by atoms with van der Waals surface area (Å²) in [5.74, 6) is -3.69. The van der Waals surface area contributed by atoms with Gasteiger partial charge in [-0.2, -0.15) is 13.2 Å². The number of carbonyl (C=O) groups is 3. The van der Waals surface area contributed by atoms with Gasteiger partial charge < -0.3 is 18.9 Å². The summed E-state index contributed by atoms with van der Waals surface area (Å²) in [4.78, 5) is 37.8.